The molecule has 2 aromatic heterocycles. The Morgan fingerprint density at radius 1 is 1.10 bits per heavy atom. The minimum Gasteiger partial charge on any atom is -0.469 e. The molecule has 0 saturated carbocycles. The average molecular weight is 626 g/mol. The molecule has 0 bridgehead atoms. The number of ether oxygens (including phenoxy) is 2. The third-order valence-electron chi connectivity index (χ3n) is 8.42. The number of esters is 1. The molecule has 13 heteroatoms. The highest BCUT2D eigenvalue weighted by Crippen LogP contribution is 2.49. The van der Waals surface area contributed by atoms with Gasteiger partial charge in [0.1, 0.15) is 23.0 Å². The van der Waals surface area contributed by atoms with Crippen LogP contribution in [-0.4, -0.2) is 68.7 Å². The number of carbonyl (C=O) groups is 1. The number of aryl methyl sites for hydroxylation is 1. The first kappa shape index (κ1) is 32.4. The van der Waals surface area contributed by atoms with Crippen molar-refractivity contribution in [2.75, 3.05) is 19.5 Å². The van der Waals surface area contributed by atoms with Gasteiger partial charge in [-0.2, -0.15) is 0 Å². The van der Waals surface area contributed by atoms with Crippen molar-refractivity contribution in [3.05, 3.63) is 27.9 Å². The highest BCUT2D eigenvalue weighted by Gasteiger charge is 2.60. The summed E-state index contributed by atoms with van der Waals surface area (Å²) in [6, 6.07) is 0. The van der Waals surface area contributed by atoms with Gasteiger partial charge in [0.25, 0.3) is 5.56 Å². The van der Waals surface area contributed by atoms with Gasteiger partial charge in [-0.25, -0.2) is 4.98 Å². The maximum absolute atomic E-state index is 13.1. The van der Waals surface area contributed by atoms with Gasteiger partial charge in [-0.3, -0.25) is 13.6 Å². The molecule has 2 fully saturated rings. The van der Waals surface area contributed by atoms with E-state index in [2.05, 4.69) is 60.4 Å². The van der Waals surface area contributed by atoms with Crippen molar-refractivity contribution in [2.24, 2.45) is 0 Å². The fourth-order valence-electron chi connectivity index (χ4n) is 6.25. The molecular formula is C28H47N3O7SSi2. The van der Waals surface area contributed by atoms with Crippen molar-refractivity contribution in [1.82, 2.24) is 13.9 Å². The van der Waals surface area contributed by atoms with Crippen LogP contribution in [-0.2, 0) is 27.2 Å². The summed E-state index contributed by atoms with van der Waals surface area (Å²) in [5.74, 6) is 0.702. The zero-order valence-corrected chi connectivity index (χ0v) is 28.9. The van der Waals surface area contributed by atoms with Gasteiger partial charge in [0.2, 0.25) is 0 Å². The van der Waals surface area contributed by atoms with Crippen LogP contribution in [0.1, 0.15) is 85.7 Å². The van der Waals surface area contributed by atoms with Crippen molar-refractivity contribution in [3.8, 4) is 0 Å². The Kier molecular flexibility index (Phi) is 9.99. The minimum atomic E-state index is -2.76. The molecule has 2 aromatic rings. The number of H-pyrrole nitrogens is 1. The van der Waals surface area contributed by atoms with Crippen molar-refractivity contribution in [3.63, 3.8) is 0 Å². The third-order valence-corrected chi connectivity index (χ3v) is 19.7. The lowest BCUT2D eigenvalue weighted by molar-refractivity contribution is -0.140. The van der Waals surface area contributed by atoms with Crippen LogP contribution >= 0.6 is 11.9 Å². The Labute approximate surface area is 249 Å². The maximum Gasteiger partial charge on any atom is 0.335 e. The molecule has 3 atom stereocenters. The molecule has 0 amide bonds. The largest absolute Gasteiger partial charge is 0.469 e. The van der Waals surface area contributed by atoms with Gasteiger partial charge in [-0.1, -0.05) is 55.4 Å². The highest BCUT2D eigenvalue weighted by molar-refractivity contribution is 7.98. The second-order valence-corrected chi connectivity index (χ2v) is 22.4. The fraction of sp³-hybridized carbons (Fsp3) is 0.750. The van der Waals surface area contributed by atoms with Gasteiger partial charge < -0.3 is 27.4 Å². The lowest BCUT2D eigenvalue weighted by atomic mass is 10.1. The molecule has 230 valence electrons. The summed E-state index contributed by atoms with van der Waals surface area (Å²) in [4.78, 5) is 32.3. The van der Waals surface area contributed by atoms with Crippen LogP contribution in [0.3, 0.4) is 0 Å². The summed E-state index contributed by atoms with van der Waals surface area (Å²) in [5, 5.41) is 0. The van der Waals surface area contributed by atoms with E-state index in [0.717, 1.165) is 5.56 Å². The first-order chi connectivity index (χ1) is 19.3. The summed E-state index contributed by atoms with van der Waals surface area (Å²) < 4.78 is 34.7. The molecule has 0 radical (unpaired) electrons. The Bertz CT molecular complexity index is 1280. The van der Waals surface area contributed by atoms with Crippen LogP contribution in [0.15, 0.2) is 11.0 Å². The average Bonchev–Trinajstić information content (AvgIpc) is 3.44. The topological polar surface area (TPSA) is 114 Å². The third kappa shape index (κ3) is 6.13. The molecule has 4 heterocycles. The van der Waals surface area contributed by atoms with E-state index >= 15 is 0 Å². The molecule has 0 aromatic carbocycles. The summed E-state index contributed by atoms with van der Waals surface area (Å²) in [6.45, 7) is 19.9. The number of hydrogen-bond acceptors (Lipinski definition) is 9. The van der Waals surface area contributed by atoms with Crippen molar-refractivity contribution >= 4 is 46.1 Å². The van der Waals surface area contributed by atoms with Gasteiger partial charge in [-0.15, -0.1) is 0 Å². The minimum absolute atomic E-state index is 0.198. The van der Waals surface area contributed by atoms with Crippen LogP contribution in [0.25, 0.3) is 11.0 Å². The van der Waals surface area contributed by atoms with Gasteiger partial charge in [0, 0.05) is 23.9 Å². The predicted molar refractivity (Wildman–Crippen MR) is 166 cm³/mol. The van der Waals surface area contributed by atoms with E-state index < -0.39 is 17.1 Å². The molecule has 2 aliphatic heterocycles. The molecule has 1 unspecified atom stereocenters. The van der Waals surface area contributed by atoms with E-state index in [-0.39, 0.29) is 58.4 Å². The van der Waals surface area contributed by atoms with E-state index in [1.54, 1.807) is 10.9 Å². The Hall–Kier alpha value is -1.49. The molecule has 1 N–H and O–H groups in total. The van der Waals surface area contributed by atoms with Crippen molar-refractivity contribution < 1.29 is 27.2 Å². The maximum atomic E-state index is 13.1. The number of rotatable bonds is 9. The van der Waals surface area contributed by atoms with Crippen molar-refractivity contribution in [2.45, 2.75) is 116 Å². The molecule has 2 saturated heterocycles. The number of aromatic amines is 1. The second kappa shape index (κ2) is 12.6. The Balaban J connectivity index is 1.73. The lowest BCUT2D eigenvalue weighted by Crippen LogP contribution is -2.65. The lowest BCUT2D eigenvalue weighted by Gasteiger charge is -2.51. The van der Waals surface area contributed by atoms with Gasteiger partial charge in [-0.05, 0) is 41.0 Å². The van der Waals surface area contributed by atoms with Crippen LogP contribution in [0.2, 0.25) is 22.2 Å². The number of carbonyl (C=O) groups excluding carboxylic acids is 1. The van der Waals surface area contributed by atoms with Gasteiger partial charge >= 0.3 is 23.1 Å². The van der Waals surface area contributed by atoms with E-state index in [9.17, 15) is 9.59 Å². The SMILES string of the molecule is COC(=O)CCSn1cc([C@H]2CC3O[Si](C(C)C)(C(C)C)O[Si](C(C)C)(C(C)C)OC[C@H]3O2)c2nc(C)[nH]c(=O)c21. The molecular weight excluding hydrogens is 579 g/mol. The molecule has 4 rings (SSSR count). The van der Waals surface area contributed by atoms with E-state index in [0.29, 0.717) is 35.6 Å². The number of methoxy groups -OCH3 is 1. The smallest absolute Gasteiger partial charge is 0.335 e. The fourth-order valence-corrected chi connectivity index (χ4v) is 18.4. The zero-order valence-electron chi connectivity index (χ0n) is 26.1. The van der Waals surface area contributed by atoms with E-state index in [1.165, 1.54) is 19.1 Å². The van der Waals surface area contributed by atoms with E-state index in [4.69, 9.17) is 27.4 Å². The zero-order chi connectivity index (χ0) is 30.3. The number of fused-ring (bicyclic) bond motifs is 2. The second-order valence-electron chi connectivity index (χ2n) is 12.4. The van der Waals surface area contributed by atoms with Crippen LogP contribution in [0.4, 0.5) is 0 Å². The summed E-state index contributed by atoms with van der Waals surface area (Å²) in [6.07, 6.45) is 1.99. The van der Waals surface area contributed by atoms with Gasteiger partial charge in [0.05, 0.1) is 32.3 Å². The molecule has 41 heavy (non-hydrogen) atoms. The predicted octanol–water partition coefficient (Wildman–Crippen LogP) is 5.88. The first-order valence-corrected chi connectivity index (χ1v) is 19.6. The molecule has 0 spiro atoms. The van der Waals surface area contributed by atoms with Crippen LogP contribution in [0.5, 0.6) is 0 Å². The monoisotopic (exact) mass is 625 g/mol. The number of aromatic nitrogens is 3. The summed E-state index contributed by atoms with van der Waals surface area (Å²) in [7, 11) is -4.06. The summed E-state index contributed by atoms with van der Waals surface area (Å²) >= 11 is 1.38. The Morgan fingerprint density at radius 2 is 1.73 bits per heavy atom. The molecule has 0 aliphatic carbocycles. The quantitative estimate of drug-likeness (QED) is 0.270. The standard InChI is InChI=1S/C28H47N3O7SSi2/c1-16(2)40(17(3)4)35-15-24-23(37-41(38-40,18(5)6)19(7)8)13-22(36-24)21-14-31(39-12-11-25(32)34-10)27-26(21)29-20(9)30-28(27)33/h14,16-19,22-24H,11-13,15H2,1-10H3,(H,29,30,33)/t22-,23?,24-/m1/s1. The highest BCUT2D eigenvalue weighted by atomic mass is 32.2. The van der Waals surface area contributed by atoms with Crippen LogP contribution in [0, 0.1) is 6.92 Å². The number of nitrogens with one attached hydrogen (secondary N) is 1. The molecule has 2 aliphatic rings. The normalized spacial score (nSPS) is 24.3. The number of hydrogen-bond donors (Lipinski definition) is 1. The van der Waals surface area contributed by atoms with Crippen LogP contribution < -0.4 is 5.56 Å². The van der Waals surface area contributed by atoms with Gasteiger partial charge in [0.15, 0.2) is 0 Å². The number of nitrogens with zero attached hydrogens (tertiary/aromatic N) is 2. The van der Waals surface area contributed by atoms with E-state index in [1.807, 2.05) is 6.20 Å². The first-order valence-electron chi connectivity index (χ1n) is 14.7. The Morgan fingerprint density at radius 3 is 2.32 bits per heavy atom. The summed E-state index contributed by atoms with van der Waals surface area (Å²) in [5.41, 5.74) is 2.64. The van der Waals surface area contributed by atoms with Crippen molar-refractivity contribution in [1.29, 1.82) is 0 Å². The molecule has 10 nitrogen and oxygen atoms in total.